The van der Waals surface area contributed by atoms with E-state index in [1.807, 2.05) is 26.2 Å². The molecule has 33 heavy (non-hydrogen) atoms. The Bertz CT molecular complexity index is 1060. The third-order valence-corrected chi connectivity index (χ3v) is 6.08. The zero-order valence-corrected chi connectivity index (χ0v) is 20.3. The van der Waals surface area contributed by atoms with Crippen LogP contribution < -0.4 is 0 Å². The summed E-state index contributed by atoms with van der Waals surface area (Å²) in [4.78, 5) is 16.0. The maximum Gasteiger partial charge on any atom is 0.186 e. The van der Waals surface area contributed by atoms with E-state index in [1.54, 1.807) is 7.11 Å². The number of fused-ring (bicyclic) bond motifs is 1. The molecule has 2 aromatic heterocycles. The van der Waals surface area contributed by atoms with Crippen molar-refractivity contribution in [2.75, 3.05) is 13.7 Å². The van der Waals surface area contributed by atoms with E-state index in [1.165, 1.54) is 42.3 Å². The van der Waals surface area contributed by atoms with E-state index in [-0.39, 0.29) is 6.23 Å². The molecule has 2 heterocycles. The average molecular weight is 449 g/mol. The second-order valence-corrected chi connectivity index (χ2v) is 8.52. The summed E-state index contributed by atoms with van der Waals surface area (Å²) in [5.41, 5.74) is 5.87. The first kappa shape index (κ1) is 24.6. The van der Waals surface area contributed by atoms with E-state index < -0.39 is 0 Å². The van der Waals surface area contributed by atoms with Gasteiger partial charge in [-0.05, 0) is 67.4 Å². The molecule has 1 atom stereocenters. The lowest BCUT2D eigenvalue weighted by atomic mass is 9.77. The van der Waals surface area contributed by atoms with Crippen LogP contribution in [0.15, 0.2) is 64.4 Å². The van der Waals surface area contributed by atoms with Gasteiger partial charge in [0.05, 0.1) is 0 Å². The fraction of sp³-hybridized carbons (Fsp3) is 0.444. The lowest BCUT2D eigenvalue weighted by Crippen LogP contribution is -2.15. The number of nitrogens with one attached hydrogen (secondary N) is 1. The molecule has 0 radical (unpaired) electrons. The monoisotopic (exact) mass is 448 g/mol. The number of ether oxygens (including phenoxy) is 2. The van der Waals surface area contributed by atoms with Crippen molar-refractivity contribution >= 4 is 28.8 Å². The minimum absolute atomic E-state index is 0.214. The number of hydrogen-bond donors (Lipinski definition) is 1. The van der Waals surface area contributed by atoms with Crippen molar-refractivity contribution in [1.82, 2.24) is 9.97 Å². The Balaban J connectivity index is 1.65. The highest BCUT2D eigenvalue weighted by molar-refractivity contribution is 5.82. The zero-order valence-electron chi connectivity index (χ0n) is 20.3. The van der Waals surface area contributed by atoms with Crippen LogP contribution in [0.1, 0.15) is 58.4 Å². The van der Waals surface area contributed by atoms with Gasteiger partial charge in [-0.15, -0.1) is 0 Å². The molecule has 0 saturated heterocycles. The summed E-state index contributed by atoms with van der Waals surface area (Å²) in [6, 6.07) is 4.27. The van der Waals surface area contributed by atoms with Crippen molar-refractivity contribution in [3.63, 3.8) is 0 Å². The van der Waals surface area contributed by atoms with Crippen molar-refractivity contribution in [2.24, 2.45) is 15.9 Å². The van der Waals surface area contributed by atoms with Crippen LogP contribution in [0.2, 0.25) is 0 Å². The first-order valence-corrected chi connectivity index (χ1v) is 11.7. The van der Waals surface area contributed by atoms with E-state index in [0.717, 1.165) is 29.4 Å². The standard InChI is InChI=1S/C27H36N4O2/c1-6-22(26-15-25-12-13-28-27(25)29-16-26)10-11-24(23-8-7-9-23)14-19(2)17-33-21(4)31-18-30-20(3)32-5/h10-13,15-16,18,20,23H,2,6-9,14,17H2,1,3-5H3,(H,28,29)/b22-10+,24-11+,30-18-,31-21+. The highest BCUT2D eigenvalue weighted by Crippen LogP contribution is 2.36. The number of aromatic nitrogens is 2. The third-order valence-electron chi connectivity index (χ3n) is 6.08. The molecule has 1 unspecified atom stereocenters. The summed E-state index contributed by atoms with van der Waals surface area (Å²) in [7, 11) is 1.61. The highest BCUT2D eigenvalue weighted by atomic mass is 16.5. The maximum absolute atomic E-state index is 5.77. The van der Waals surface area contributed by atoms with Crippen molar-refractivity contribution in [2.45, 2.75) is 59.1 Å². The van der Waals surface area contributed by atoms with Gasteiger partial charge in [-0.25, -0.2) is 15.0 Å². The van der Waals surface area contributed by atoms with Crippen LogP contribution in [0.3, 0.4) is 0 Å². The second kappa shape index (κ2) is 12.3. The van der Waals surface area contributed by atoms with Crippen LogP contribution in [0, 0.1) is 5.92 Å². The number of pyridine rings is 1. The van der Waals surface area contributed by atoms with Crippen molar-refractivity contribution < 1.29 is 9.47 Å². The van der Waals surface area contributed by atoms with Crippen LogP contribution in [-0.2, 0) is 9.47 Å². The largest absolute Gasteiger partial charge is 0.476 e. The van der Waals surface area contributed by atoms with E-state index in [2.05, 4.69) is 57.7 Å². The molecule has 176 valence electrons. The molecule has 6 nitrogen and oxygen atoms in total. The molecule has 2 aromatic rings. The average Bonchev–Trinajstić information content (AvgIpc) is 3.24. The lowest BCUT2D eigenvalue weighted by Gasteiger charge is -2.29. The molecule has 1 fully saturated rings. The molecule has 0 aromatic carbocycles. The molecule has 1 saturated carbocycles. The Morgan fingerprint density at radius 2 is 2.18 bits per heavy atom. The smallest absolute Gasteiger partial charge is 0.186 e. The third kappa shape index (κ3) is 7.26. The molecular weight excluding hydrogens is 412 g/mol. The van der Waals surface area contributed by atoms with Gasteiger partial charge in [0, 0.05) is 31.8 Å². The molecule has 6 heteroatoms. The van der Waals surface area contributed by atoms with Crippen molar-refractivity contribution in [1.29, 1.82) is 0 Å². The quantitative estimate of drug-likeness (QED) is 0.185. The van der Waals surface area contributed by atoms with Gasteiger partial charge in [-0.3, -0.25) is 0 Å². The normalized spacial score (nSPS) is 16.9. The molecular formula is C27H36N4O2. The predicted octanol–water partition coefficient (Wildman–Crippen LogP) is 6.48. The number of H-pyrrole nitrogens is 1. The number of methoxy groups -OCH3 is 1. The number of hydrogen-bond acceptors (Lipinski definition) is 4. The summed E-state index contributed by atoms with van der Waals surface area (Å²) in [6.07, 6.45) is 15.3. The first-order valence-electron chi connectivity index (χ1n) is 11.7. The Hall–Kier alpha value is -2.99. The fourth-order valence-corrected chi connectivity index (χ4v) is 3.71. The summed E-state index contributed by atoms with van der Waals surface area (Å²) >= 11 is 0. The van der Waals surface area contributed by atoms with Crippen LogP contribution in [0.4, 0.5) is 0 Å². The van der Waals surface area contributed by atoms with Crippen LogP contribution in [0.25, 0.3) is 16.6 Å². The summed E-state index contributed by atoms with van der Waals surface area (Å²) in [5, 5.41) is 1.14. The Morgan fingerprint density at radius 3 is 2.88 bits per heavy atom. The van der Waals surface area contributed by atoms with E-state index in [4.69, 9.17) is 9.47 Å². The number of aromatic amines is 1. The molecule has 1 aliphatic carbocycles. The predicted molar refractivity (Wildman–Crippen MR) is 138 cm³/mol. The van der Waals surface area contributed by atoms with Crippen molar-refractivity contribution in [3.05, 3.63) is 60.0 Å². The fourth-order valence-electron chi connectivity index (χ4n) is 3.71. The summed E-state index contributed by atoms with van der Waals surface area (Å²) in [5.74, 6) is 1.21. The summed E-state index contributed by atoms with van der Waals surface area (Å²) < 4.78 is 10.8. The highest BCUT2D eigenvalue weighted by Gasteiger charge is 2.22. The van der Waals surface area contributed by atoms with Crippen LogP contribution >= 0.6 is 0 Å². The molecule has 0 spiro atoms. The molecule has 0 bridgehead atoms. The van der Waals surface area contributed by atoms with Gasteiger partial charge in [-0.2, -0.15) is 0 Å². The van der Waals surface area contributed by atoms with Crippen molar-refractivity contribution in [3.8, 4) is 0 Å². The Labute approximate surface area is 197 Å². The Morgan fingerprint density at radius 1 is 1.36 bits per heavy atom. The Kier molecular flexibility index (Phi) is 9.19. The zero-order chi connectivity index (χ0) is 23.6. The molecule has 1 aliphatic rings. The summed E-state index contributed by atoms with van der Waals surface area (Å²) in [6.45, 7) is 10.6. The molecule has 3 rings (SSSR count). The number of rotatable bonds is 11. The van der Waals surface area contributed by atoms with Gasteiger partial charge in [0.15, 0.2) is 5.90 Å². The van der Waals surface area contributed by atoms with Gasteiger partial charge in [-0.1, -0.05) is 37.6 Å². The van der Waals surface area contributed by atoms with Crippen LogP contribution in [0.5, 0.6) is 0 Å². The minimum Gasteiger partial charge on any atom is -0.476 e. The number of allylic oxidation sites excluding steroid dienone is 4. The van der Waals surface area contributed by atoms with Gasteiger partial charge in [0.2, 0.25) is 0 Å². The van der Waals surface area contributed by atoms with Gasteiger partial charge in [0.1, 0.15) is 24.8 Å². The van der Waals surface area contributed by atoms with E-state index >= 15 is 0 Å². The number of aliphatic imine (C=N–C) groups is 2. The van der Waals surface area contributed by atoms with Gasteiger partial charge < -0.3 is 14.5 Å². The first-order chi connectivity index (χ1) is 16.0. The van der Waals surface area contributed by atoms with Gasteiger partial charge in [0.25, 0.3) is 0 Å². The molecule has 0 aliphatic heterocycles. The van der Waals surface area contributed by atoms with Crippen LogP contribution in [-0.4, -0.2) is 42.1 Å². The lowest BCUT2D eigenvalue weighted by molar-refractivity contribution is 0.126. The molecule has 1 N–H and O–H groups in total. The minimum atomic E-state index is -0.214. The second-order valence-electron chi connectivity index (χ2n) is 8.52. The SMILES string of the molecule is C=C(CO/C(C)=N/C=N\C(C)OC)C/C(=C\C=C(/CC)c1cnc2[nH]ccc2c1)C1CCC1. The van der Waals surface area contributed by atoms with E-state index in [0.29, 0.717) is 18.4 Å². The molecule has 0 amide bonds. The van der Waals surface area contributed by atoms with E-state index in [9.17, 15) is 0 Å². The topological polar surface area (TPSA) is 71.9 Å². The number of nitrogens with zero attached hydrogens (tertiary/aromatic N) is 3. The van der Waals surface area contributed by atoms with Gasteiger partial charge >= 0.3 is 0 Å². The maximum atomic E-state index is 5.77.